The minimum atomic E-state index is -0.616. The predicted molar refractivity (Wildman–Crippen MR) is 66.4 cm³/mol. The van der Waals surface area contributed by atoms with E-state index in [4.69, 9.17) is 10.5 Å². The zero-order chi connectivity index (χ0) is 13.6. The van der Waals surface area contributed by atoms with Gasteiger partial charge in [0.15, 0.2) is 0 Å². The normalized spacial score (nSPS) is 13.1. The van der Waals surface area contributed by atoms with Crippen molar-refractivity contribution in [3.63, 3.8) is 0 Å². The van der Waals surface area contributed by atoms with Crippen LogP contribution in [0.2, 0.25) is 0 Å². The highest BCUT2D eigenvalue weighted by Crippen LogP contribution is 2.19. The number of hydrogen-bond donors (Lipinski definition) is 1. The molecule has 100 valence electrons. The van der Waals surface area contributed by atoms with Crippen molar-refractivity contribution in [1.82, 2.24) is 4.90 Å². The van der Waals surface area contributed by atoms with E-state index in [1.807, 2.05) is 20.8 Å². The van der Waals surface area contributed by atoms with E-state index in [2.05, 4.69) is 0 Å². The Morgan fingerprint density at radius 1 is 1.35 bits per heavy atom. The summed E-state index contributed by atoms with van der Waals surface area (Å²) in [5, 5.41) is 0. The van der Waals surface area contributed by atoms with E-state index in [-0.39, 0.29) is 12.5 Å². The third kappa shape index (κ3) is 4.73. The molecule has 0 fully saturated rings. The van der Waals surface area contributed by atoms with Crippen molar-refractivity contribution in [2.24, 2.45) is 5.73 Å². The molecule has 0 aromatic carbocycles. The first-order chi connectivity index (χ1) is 7.76. The molecule has 0 heterocycles. The van der Waals surface area contributed by atoms with E-state index in [1.165, 1.54) is 4.90 Å². The van der Waals surface area contributed by atoms with Gasteiger partial charge in [-0.05, 0) is 34.1 Å². The number of carbonyl (C=O) groups is 2. The van der Waals surface area contributed by atoms with Crippen LogP contribution in [0.5, 0.6) is 0 Å². The summed E-state index contributed by atoms with van der Waals surface area (Å²) in [4.78, 5) is 25.0. The van der Waals surface area contributed by atoms with Crippen LogP contribution in [0, 0.1) is 0 Å². The SMILES string of the molecule is CCOC(=O)CN(C(=O)C(C)N)C(C)(C)CC. The van der Waals surface area contributed by atoms with Gasteiger partial charge in [0.25, 0.3) is 0 Å². The highest BCUT2D eigenvalue weighted by atomic mass is 16.5. The number of nitrogens with zero attached hydrogens (tertiary/aromatic N) is 1. The van der Waals surface area contributed by atoms with Gasteiger partial charge in [0.1, 0.15) is 6.54 Å². The number of carbonyl (C=O) groups excluding carboxylic acids is 2. The van der Waals surface area contributed by atoms with Crippen molar-refractivity contribution in [3.8, 4) is 0 Å². The third-order valence-electron chi connectivity index (χ3n) is 2.84. The van der Waals surface area contributed by atoms with Crippen molar-refractivity contribution < 1.29 is 14.3 Å². The molecule has 0 saturated heterocycles. The number of rotatable bonds is 6. The van der Waals surface area contributed by atoms with Crippen molar-refractivity contribution in [2.75, 3.05) is 13.2 Å². The van der Waals surface area contributed by atoms with Crippen molar-refractivity contribution in [2.45, 2.75) is 52.6 Å². The van der Waals surface area contributed by atoms with Gasteiger partial charge in [0, 0.05) is 5.54 Å². The standard InChI is InChI=1S/C12H24N2O3/c1-6-12(4,5)14(11(16)9(3)13)8-10(15)17-7-2/h9H,6-8,13H2,1-5H3. The van der Waals surface area contributed by atoms with E-state index in [9.17, 15) is 9.59 Å². The Morgan fingerprint density at radius 3 is 2.24 bits per heavy atom. The summed E-state index contributed by atoms with van der Waals surface area (Å²) >= 11 is 0. The zero-order valence-electron chi connectivity index (χ0n) is 11.4. The van der Waals surface area contributed by atoms with Crippen LogP contribution in [0.15, 0.2) is 0 Å². The highest BCUT2D eigenvalue weighted by molar-refractivity contribution is 5.86. The Kier molecular flexibility index (Phi) is 6.16. The average molecular weight is 244 g/mol. The smallest absolute Gasteiger partial charge is 0.325 e. The minimum Gasteiger partial charge on any atom is -0.465 e. The summed E-state index contributed by atoms with van der Waals surface area (Å²) in [5.41, 5.74) is 5.19. The lowest BCUT2D eigenvalue weighted by Gasteiger charge is -2.38. The summed E-state index contributed by atoms with van der Waals surface area (Å²) < 4.78 is 4.87. The first-order valence-corrected chi connectivity index (χ1v) is 5.99. The summed E-state index contributed by atoms with van der Waals surface area (Å²) in [7, 11) is 0. The fourth-order valence-corrected chi connectivity index (χ4v) is 1.36. The Balaban J connectivity index is 4.87. The molecule has 5 heteroatoms. The van der Waals surface area contributed by atoms with Crippen LogP contribution in [0.1, 0.15) is 41.0 Å². The van der Waals surface area contributed by atoms with Gasteiger partial charge in [-0.1, -0.05) is 6.92 Å². The number of nitrogens with two attached hydrogens (primary N) is 1. The van der Waals surface area contributed by atoms with Crippen molar-refractivity contribution in [1.29, 1.82) is 0 Å². The molecule has 0 radical (unpaired) electrons. The fraction of sp³-hybridized carbons (Fsp3) is 0.833. The molecule has 1 unspecified atom stereocenters. The lowest BCUT2D eigenvalue weighted by atomic mass is 9.98. The van der Waals surface area contributed by atoms with Gasteiger partial charge < -0.3 is 15.4 Å². The van der Waals surface area contributed by atoms with Crippen LogP contribution >= 0.6 is 0 Å². The molecule has 0 bridgehead atoms. The van der Waals surface area contributed by atoms with Gasteiger partial charge in [-0.25, -0.2) is 0 Å². The van der Waals surface area contributed by atoms with Gasteiger partial charge >= 0.3 is 5.97 Å². The van der Waals surface area contributed by atoms with Crippen LogP contribution in [-0.2, 0) is 14.3 Å². The first-order valence-electron chi connectivity index (χ1n) is 5.99. The largest absolute Gasteiger partial charge is 0.465 e. The topological polar surface area (TPSA) is 72.6 Å². The van der Waals surface area contributed by atoms with Crippen LogP contribution < -0.4 is 5.73 Å². The molecule has 0 aromatic rings. The van der Waals surface area contributed by atoms with Crippen molar-refractivity contribution in [3.05, 3.63) is 0 Å². The zero-order valence-corrected chi connectivity index (χ0v) is 11.4. The van der Waals surface area contributed by atoms with E-state index < -0.39 is 17.6 Å². The van der Waals surface area contributed by atoms with Gasteiger partial charge in [-0.3, -0.25) is 9.59 Å². The molecule has 17 heavy (non-hydrogen) atoms. The quantitative estimate of drug-likeness (QED) is 0.705. The van der Waals surface area contributed by atoms with Crippen LogP contribution in [0.3, 0.4) is 0 Å². The van der Waals surface area contributed by atoms with Gasteiger partial charge in [0.05, 0.1) is 12.6 Å². The molecule has 0 rings (SSSR count). The minimum absolute atomic E-state index is 0.0466. The summed E-state index contributed by atoms with van der Waals surface area (Å²) in [5.74, 6) is -0.632. The number of ether oxygens (including phenoxy) is 1. The second kappa shape index (κ2) is 6.59. The molecular formula is C12H24N2O3. The molecule has 0 aliphatic heterocycles. The monoisotopic (exact) mass is 244 g/mol. The first kappa shape index (κ1) is 15.9. The molecule has 0 spiro atoms. The van der Waals surface area contributed by atoms with Gasteiger partial charge in [-0.2, -0.15) is 0 Å². The summed E-state index contributed by atoms with van der Waals surface area (Å²) in [6.45, 7) is 9.40. The summed E-state index contributed by atoms with van der Waals surface area (Å²) in [6.07, 6.45) is 0.741. The lowest BCUT2D eigenvalue weighted by Crippen LogP contribution is -2.54. The van der Waals surface area contributed by atoms with E-state index in [1.54, 1.807) is 13.8 Å². The second-order valence-electron chi connectivity index (χ2n) is 4.68. The molecule has 0 aromatic heterocycles. The Morgan fingerprint density at radius 2 is 1.88 bits per heavy atom. The van der Waals surface area contributed by atoms with Crippen LogP contribution in [0.25, 0.3) is 0 Å². The van der Waals surface area contributed by atoms with Crippen molar-refractivity contribution >= 4 is 11.9 Å². The molecule has 5 nitrogen and oxygen atoms in total. The van der Waals surface area contributed by atoms with Crippen LogP contribution in [0.4, 0.5) is 0 Å². The van der Waals surface area contributed by atoms with E-state index in [0.717, 1.165) is 6.42 Å². The molecule has 2 N–H and O–H groups in total. The number of hydrogen-bond acceptors (Lipinski definition) is 4. The lowest BCUT2D eigenvalue weighted by molar-refractivity contribution is -0.153. The third-order valence-corrected chi connectivity index (χ3v) is 2.84. The van der Waals surface area contributed by atoms with Gasteiger partial charge in [-0.15, -0.1) is 0 Å². The molecule has 0 saturated carbocycles. The maximum Gasteiger partial charge on any atom is 0.325 e. The van der Waals surface area contributed by atoms with Crippen LogP contribution in [-0.4, -0.2) is 41.5 Å². The molecular weight excluding hydrogens is 220 g/mol. The van der Waals surface area contributed by atoms with E-state index in [0.29, 0.717) is 6.61 Å². The molecule has 1 atom stereocenters. The number of esters is 1. The highest BCUT2D eigenvalue weighted by Gasteiger charge is 2.32. The Hall–Kier alpha value is -1.10. The fourth-order valence-electron chi connectivity index (χ4n) is 1.36. The molecule has 0 aliphatic carbocycles. The second-order valence-corrected chi connectivity index (χ2v) is 4.68. The van der Waals surface area contributed by atoms with Gasteiger partial charge in [0.2, 0.25) is 5.91 Å². The molecule has 1 amide bonds. The Bertz CT molecular complexity index is 275. The van der Waals surface area contributed by atoms with E-state index >= 15 is 0 Å². The number of amides is 1. The Labute approximate surface area is 103 Å². The molecule has 0 aliphatic rings. The summed E-state index contributed by atoms with van der Waals surface area (Å²) in [6, 6.07) is -0.616. The maximum absolute atomic E-state index is 12.0. The average Bonchev–Trinajstić information content (AvgIpc) is 2.25. The maximum atomic E-state index is 12.0. The predicted octanol–water partition coefficient (Wildman–Crippen LogP) is 0.914.